The molecule has 4 aromatic rings. The highest BCUT2D eigenvalue weighted by Crippen LogP contribution is 2.20. The molecular weight excluding hydrogens is 342 g/mol. The maximum atomic E-state index is 12.3. The van der Waals surface area contributed by atoms with Crippen LogP contribution in [0.5, 0.6) is 0 Å². The third-order valence-electron chi connectivity index (χ3n) is 3.71. The Morgan fingerprint density at radius 2 is 1.96 bits per heavy atom. The summed E-state index contributed by atoms with van der Waals surface area (Å²) in [5, 5.41) is 5.31. The standard InChI is InChI=1S/C18H12ClN3O3/c19-12-7-5-11(6-8-12)17-21-16(25-22-17)10-24-18(23)14-9-20-15-4-2-1-3-13(14)15/h1-9,20H,10H2. The number of nitrogens with one attached hydrogen (secondary N) is 1. The van der Waals surface area contributed by atoms with Crippen molar-refractivity contribution in [3.8, 4) is 11.4 Å². The molecule has 2 aromatic carbocycles. The van der Waals surface area contributed by atoms with Gasteiger partial charge >= 0.3 is 5.97 Å². The summed E-state index contributed by atoms with van der Waals surface area (Å²) in [6.45, 7) is -0.0983. The van der Waals surface area contributed by atoms with Crippen LogP contribution in [0.25, 0.3) is 22.3 Å². The zero-order chi connectivity index (χ0) is 17.2. The number of fused-ring (bicyclic) bond motifs is 1. The number of esters is 1. The third kappa shape index (κ3) is 3.12. The summed E-state index contributed by atoms with van der Waals surface area (Å²) in [7, 11) is 0. The average Bonchev–Trinajstić information content (AvgIpc) is 3.27. The fraction of sp³-hybridized carbons (Fsp3) is 0.0556. The summed E-state index contributed by atoms with van der Waals surface area (Å²) in [6, 6.07) is 14.6. The van der Waals surface area contributed by atoms with Crippen molar-refractivity contribution in [1.82, 2.24) is 15.1 Å². The van der Waals surface area contributed by atoms with Crippen LogP contribution in [0, 0.1) is 0 Å². The van der Waals surface area contributed by atoms with E-state index < -0.39 is 5.97 Å². The monoisotopic (exact) mass is 353 g/mol. The van der Waals surface area contributed by atoms with Crippen LogP contribution in [-0.4, -0.2) is 21.1 Å². The minimum absolute atomic E-state index is 0.0983. The Kier molecular flexibility index (Phi) is 3.95. The Bertz CT molecular complexity index is 1040. The van der Waals surface area contributed by atoms with E-state index in [4.69, 9.17) is 20.9 Å². The lowest BCUT2D eigenvalue weighted by Crippen LogP contribution is -2.04. The van der Waals surface area contributed by atoms with E-state index in [-0.39, 0.29) is 12.5 Å². The van der Waals surface area contributed by atoms with Crippen molar-refractivity contribution in [1.29, 1.82) is 0 Å². The van der Waals surface area contributed by atoms with Crippen molar-refractivity contribution in [2.24, 2.45) is 0 Å². The van der Waals surface area contributed by atoms with Crippen molar-refractivity contribution < 1.29 is 14.1 Å². The van der Waals surface area contributed by atoms with E-state index in [0.29, 0.717) is 16.4 Å². The van der Waals surface area contributed by atoms with Gasteiger partial charge in [-0.25, -0.2) is 4.79 Å². The van der Waals surface area contributed by atoms with Gasteiger partial charge < -0.3 is 14.2 Å². The molecule has 0 fully saturated rings. The first kappa shape index (κ1) is 15.4. The largest absolute Gasteiger partial charge is 0.452 e. The minimum atomic E-state index is -0.455. The van der Waals surface area contributed by atoms with E-state index in [2.05, 4.69) is 15.1 Å². The molecular formula is C18H12ClN3O3. The van der Waals surface area contributed by atoms with Crippen molar-refractivity contribution in [3.63, 3.8) is 0 Å². The molecule has 0 saturated heterocycles. The first-order valence-electron chi connectivity index (χ1n) is 7.52. The molecule has 124 valence electrons. The average molecular weight is 354 g/mol. The van der Waals surface area contributed by atoms with Gasteiger partial charge in [0.25, 0.3) is 5.89 Å². The third-order valence-corrected chi connectivity index (χ3v) is 3.96. The lowest BCUT2D eigenvalue weighted by molar-refractivity contribution is 0.0432. The van der Waals surface area contributed by atoms with Gasteiger partial charge in [0.15, 0.2) is 6.61 Å². The van der Waals surface area contributed by atoms with E-state index in [1.165, 1.54) is 0 Å². The number of hydrogen-bond donors (Lipinski definition) is 1. The van der Waals surface area contributed by atoms with Gasteiger partial charge in [0.05, 0.1) is 5.56 Å². The van der Waals surface area contributed by atoms with E-state index in [1.807, 2.05) is 24.3 Å². The van der Waals surface area contributed by atoms with Gasteiger partial charge in [-0.3, -0.25) is 0 Å². The topological polar surface area (TPSA) is 81.0 Å². The Labute approximate surface area is 147 Å². The molecule has 0 atom stereocenters. The van der Waals surface area contributed by atoms with Crippen LogP contribution in [0.3, 0.4) is 0 Å². The normalized spacial score (nSPS) is 10.9. The molecule has 0 amide bonds. The van der Waals surface area contributed by atoms with Crippen molar-refractivity contribution in [2.45, 2.75) is 6.61 Å². The van der Waals surface area contributed by atoms with Crippen LogP contribution in [0.4, 0.5) is 0 Å². The van der Waals surface area contributed by atoms with Crippen molar-refractivity contribution >= 4 is 28.5 Å². The maximum absolute atomic E-state index is 12.3. The van der Waals surface area contributed by atoms with Crippen LogP contribution in [0.1, 0.15) is 16.2 Å². The van der Waals surface area contributed by atoms with Gasteiger partial charge in [-0.2, -0.15) is 4.98 Å². The first-order chi connectivity index (χ1) is 12.2. The number of nitrogens with zero attached hydrogens (tertiary/aromatic N) is 2. The molecule has 2 heterocycles. The molecule has 0 radical (unpaired) electrons. The number of aromatic amines is 1. The number of carbonyl (C=O) groups excluding carboxylic acids is 1. The summed E-state index contributed by atoms with van der Waals surface area (Å²) in [6.07, 6.45) is 1.62. The van der Waals surface area contributed by atoms with Crippen molar-refractivity contribution in [3.05, 3.63) is 71.2 Å². The molecule has 0 aliphatic carbocycles. The predicted molar refractivity (Wildman–Crippen MR) is 92.2 cm³/mol. The van der Waals surface area contributed by atoms with Crippen LogP contribution < -0.4 is 0 Å². The van der Waals surface area contributed by atoms with E-state index >= 15 is 0 Å². The molecule has 25 heavy (non-hydrogen) atoms. The zero-order valence-electron chi connectivity index (χ0n) is 12.9. The molecule has 1 N–H and O–H groups in total. The highest BCUT2D eigenvalue weighted by molar-refractivity contribution is 6.30. The number of carbonyl (C=O) groups is 1. The van der Waals surface area contributed by atoms with Crippen molar-refractivity contribution in [2.75, 3.05) is 0 Å². The van der Waals surface area contributed by atoms with Gasteiger partial charge in [-0.1, -0.05) is 35.0 Å². The predicted octanol–water partition coefficient (Wildman–Crippen LogP) is 4.23. The molecule has 2 aromatic heterocycles. The highest BCUT2D eigenvalue weighted by atomic mass is 35.5. The molecule has 0 aliphatic rings. The number of hydrogen-bond acceptors (Lipinski definition) is 5. The van der Waals surface area contributed by atoms with E-state index in [9.17, 15) is 4.79 Å². The lowest BCUT2D eigenvalue weighted by Gasteiger charge is -2.00. The highest BCUT2D eigenvalue weighted by Gasteiger charge is 2.15. The van der Waals surface area contributed by atoms with Crippen LogP contribution in [0.15, 0.2) is 59.3 Å². The Morgan fingerprint density at radius 1 is 1.16 bits per heavy atom. The summed E-state index contributed by atoms with van der Waals surface area (Å²) >= 11 is 5.85. The van der Waals surface area contributed by atoms with Crippen LogP contribution in [-0.2, 0) is 11.3 Å². The second-order valence-electron chi connectivity index (χ2n) is 5.34. The van der Waals surface area contributed by atoms with Gasteiger partial charge in [0.2, 0.25) is 5.82 Å². The maximum Gasteiger partial charge on any atom is 0.340 e. The summed E-state index contributed by atoms with van der Waals surface area (Å²) < 4.78 is 10.4. The molecule has 0 unspecified atom stereocenters. The van der Waals surface area contributed by atoms with Gasteiger partial charge in [0, 0.05) is 27.7 Å². The quantitative estimate of drug-likeness (QED) is 0.555. The number of aromatic nitrogens is 3. The number of para-hydroxylation sites is 1. The number of ether oxygens (including phenoxy) is 1. The number of H-pyrrole nitrogens is 1. The SMILES string of the molecule is O=C(OCc1nc(-c2ccc(Cl)cc2)no1)c1c[nH]c2ccccc12. The Balaban J connectivity index is 1.46. The summed E-state index contributed by atoms with van der Waals surface area (Å²) in [5.74, 6) is 0.177. The molecule has 0 bridgehead atoms. The smallest absolute Gasteiger partial charge is 0.340 e. The van der Waals surface area contributed by atoms with E-state index in [1.54, 1.807) is 30.5 Å². The molecule has 0 spiro atoms. The summed E-state index contributed by atoms with van der Waals surface area (Å²) in [4.78, 5) is 19.5. The molecule has 4 rings (SSSR count). The second kappa shape index (κ2) is 6.41. The Hall–Kier alpha value is -3.12. The van der Waals surface area contributed by atoms with Gasteiger partial charge in [-0.05, 0) is 30.3 Å². The number of halogens is 1. The van der Waals surface area contributed by atoms with E-state index in [0.717, 1.165) is 16.5 Å². The zero-order valence-corrected chi connectivity index (χ0v) is 13.7. The molecule has 0 aliphatic heterocycles. The second-order valence-corrected chi connectivity index (χ2v) is 5.78. The van der Waals surface area contributed by atoms with Crippen LogP contribution in [0.2, 0.25) is 5.02 Å². The lowest BCUT2D eigenvalue weighted by atomic mass is 10.2. The molecule has 6 nitrogen and oxygen atoms in total. The van der Waals surface area contributed by atoms with Crippen LogP contribution >= 0.6 is 11.6 Å². The Morgan fingerprint density at radius 3 is 2.80 bits per heavy atom. The number of benzene rings is 2. The summed E-state index contributed by atoms with van der Waals surface area (Å²) in [5.41, 5.74) is 2.10. The minimum Gasteiger partial charge on any atom is -0.452 e. The number of rotatable bonds is 4. The van der Waals surface area contributed by atoms with Gasteiger partial charge in [-0.15, -0.1) is 0 Å². The molecule has 0 saturated carbocycles. The van der Waals surface area contributed by atoms with Gasteiger partial charge in [0.1, 0.15) is 0 Å². The fourth-order valence-corrected chi connectivity index (χ4v) is 2.60. The molecule has 7 heteroatoms. The first-order valence-corrected chi connectivity index (χ1v) is 7.90. The fourth-order valence-electron chi connectivity index (χ4n) is 2.48.